The lowest BCUT2D eigenvalue weighted by Crippen LogP contribution is -3.10. The summed E-state index contributed by atoms with van der Waals surface area (Å²) in [6.07, 6.45) is 0. The van der Waals surface area contributed by atoms with Gasteiger partial charge in [0.1, 0.15) is 18.8 Å². The molecular weight excluding hydrogens is 364 g/mol. The number of ether oxygens (including phenoxy) is 1. The molecule has 2 N–H and O–H groups in total. The Morgan fingerprint density at radius 2 is 1.73 bits per heavy atom. The second kappa shape index (κ2) is 8.98. The lowest BCUT2D eigenvalue weighted by Gasteiger charge is -2.18. The first kappa shape index (κ1) is 18.6. The fourth-order valence-corrected chi connectivity index (χ4v) is 4.40. The maximum Gasteiger partial charge on any atom is 0.279 e. The number of benzene rings is 1. The van der Waals surface area contributed by atoms with Crippen molar-refractivity contribution in [2.45, 2.75) is 20.0 Å². The van der Waals surface area contributed by atoms with E-state index in [0.29, 0.717) is 12.3 Å². The third-order valence-electron chi connectivity index (χ3n) is 4.05. The molecule has 4 nitrogen and oxygen atoms in total. The summed E-state index contributed by atoms with van der Waals surface area (Å²) in [5.74, 6) is 0.680. The van der Waals surface area contributed by atoms with Crippen LogP contribution in [0.3, 0.4) is 0 Å². The molecule has 0 radical (unpaired) electrons. The smallest absolute Gasteiger partial charge is 0.279 e. The van der Waals surface area contributed by atoms with Crippen LogP contribution in [0.1, 0.15) is 15.3 Å². The number of quaternary nitrogens is 1. The predicted octanol–water partition coefficient (Wildman–Crippen LogP) is 3.35. The number of methoxy groups -OCH3 is 1. The Morgan fingerprint density at radius 1 is 1.08 bits per heavy atom. The molecule has 1 aromatic carbocycles. The molecule has 2 heterocycles. The normalized spacial score (nSPS) is 10.9. The molecule has 0 atom stereocenters. The van der Waals surface area contributed by atoms with E-state index in [-0.39, 0.29) is 5.91 Å². The molecule has 6 heteroatoms. The third kappa shape index (κ3) is 5.17. The molecule has 2 aromatic heterocycles. The first-order valence-corrected chi connectivity index (χ1v) is 10.2. The van der Waals surface area contributed by atoms with Gasteiger partial charge in [0.25, 0.3) is 5.91 Å². The minimum absolute atomic E-state index is 0.00277. The van der Waals surface area contributed by atoms with Crippen LogP contribution in [0, 0.1) is 6.92 Å². The van der Waals surface area contributed by atoms with Gasteiger partial charge in [0.15, 0.2) is 6.54 Å². The average Bonchev–Trinajstić information content (AvgIpc) is 3.29. The third-order valence-corrected chi connectivity index (χ3v) is 5.80. The minimum Gasteiger partial charge on any atom is -0.495 e. The van der Waals surface area contributed by atoms with Gasteiger partial charge in [-0.1, -0.05) is 18.2 Å². The predicted molar refractivity (Wildman–Crippen MR) is 108 cm³/mol. The van der Waals surface area contributed by atoms with Crippen LogP contribution in [0.25, 0.3) is 0 Å². The zero-order chi connectivity index (χ0) is 18.4. The molecule has 0 unspecified atom stereocenters. The van der Waals surface area contributed by atoms with Gasteiger partial charge in [-0.3, -0.25) is 4.79 Å². The van der Waals surface area contributed by atoms with Gasteiger partial charge in [0.2, 0.25) is 0 Å². The number of thiophene rings is 2. The van der Waals surface area contributed by atoms with Crippen LogP contribution in [0.2, 0.25) is 0 Å². The maximum atomic E-state index is 12.7. The van der Waals surface area contributed by atoms with Gasteiger partial charge in [0.05, 0.1) is 22.6 Å². The highest BCUT2D eigenvalue weighted by Crippen LogP contribution is 2.24. The van der Waals surface area contributed by atoms with Crippen LogP contribution in [-0.2, 0) is 17.9 Å². The fourth-order valence-electron chi connectivity index (χ4n) is 2.85. The molecule has 136 valence electrons. The molecule has 3 rings (SSSR count). The lowest BCUT2D eigenvalue weighted by atomic mass is 10.2. The van der Waals surface area contributed by atoms with E-state index in [1.165, 1.54) is 14.7 Å². The summed E-state index contributed by atoms with van der Waals surface area (Å²) in [4.78, 5) is 16.5. The van der Waals surface area contributed by atoms with Gasteiger partial charge in [0, 0.05) is 0 Å². The van der Waals surface area contributed by atoms with E-state index in [9.17, 15) is 4.79 Å². The Bertz CT molecular complexity index is 793. The van der Waals surface area contributed by atoms with Crippen molar-refractivity contribution in [2.75, 3.05) is 19.0 Å². The zero-order valence-corrected chi connectivity index (χ0v) is 16.6. The molecule has 0 saturated heterocycles. The van der Waals surface area contributed by atoms with Crippen LogP contribution < -0.4 is 15.0 Å². The van der Waals surface area contributed by atoms with Crippen molar-refractivity contribution < 1.29 is 14.4 Å². The van der Waals surface area contributed by atoms with Crippen molar-refractivity contribution in [1.29, 1.82) is 0 Å². The number of nitrogens with one attached hydrogen (secondary N) is 2. The number of carbonyl (C=O) groups excluding carboxylic acids is 1. The van der Waals surface area contributed by atoms with Crippen molar-refractivity contribution in [3.63, 3.8) is 0 Å². The van der Waals surface area contributed by atoms with E-state index in [4.69, 9.17) is 4.74 Å². The monoisotopic (exact) mass is 387 g/mol. The number of anilines is 1. The number of carbonyl (C=O) groups is 1. The second-order valence-electron chi connectivity index (χ2n) is 6.19. The summed E-state index contributed by atoms with van der Waals surface area (Å²) in [6, 6.07) is 14.2. The Balaban J connectivity index is 1.69. The first-order chi connectivity index (χ1) is 12.6. The van der Waals surface area contributed by atoms with Crippen molar-refractivity contribution in [2.24, 2.45) is 0 Å². The lowest BCUT2D eigenvalue weighted by molar-refractivity contribution is -0.918. The van der Waals surface area contributed by atoms with E-state index < -0.39 is 0 Å². The van der Waals surface area contributed by atoms with Gasteiger partial charge in [-0.25, -0.2) is 0 Å². The maximum absolute atomic E-state index is 12.7. The largest absolute Gasteiger partial charge is 0.495 e. The van der Waals surface area contributed by atoms with Gasteiger partial charge >= 0.3 is 0 Å². The van der Waals surface area contributed by atoms with Crippen LogP contribution in [0.5, 0.6) is 5.75 Å². The minimum atomic E-state index is -0.00277. The highest BCUT2D eigenvalue weighted by Gasteiger charge is 2.18. The molecule has 3 aromatic rings. The number of hydrogen-bond donors (Lipinski definition) is 2. The quantitative estimate of drug-likeness (QED) is 0.622. The molecule has 0 spiro atoms. The van der Waals surface area contributed by atoms with Gasteiger partial charge in [-0.15, -0.1) is 22.7 Å². The number of amides is 1. The molecular formula is C20H23N2O2S2+. The summed E-state index contributed by atoms with van der Waals surface area (Å²) < 4.78 is 5.36. The van der Waals surface area contributed by atoms with Crippen LogP contribution in [0.15, 0.2) is 53.2 Å². The standard InChI is InChI=1S/C20H22N2O2S2/c1-15-7-8-19(24-2)18(11-15)21-20(23)14-22(12-16-5-3-9-25-16)13-17-6-4-10-26-17/h3-11H,12-14H2,1-2H3,(H,21,23)/p+1. The van der Waals surface area contributed by atoms with Crippen LogP contribution in [0.4, 0.5) is 5.69 Å². The Kier molecular flexibility index (Phi) is 6.44. The summed E-state index contributed by atoms with van der Waals surface area (Å²) in [5.41, 5.74) is 1.81. The highest BCUT2D eigenvalue weighted by molar-refractivity contribution is 7.10. The second-order valence-corrected chi connectivity index (χ2v) is 8.26. The van der Waals surface area contributed by atoms with Gasteiger partial charge in [-0.05, 0) is 47.5 Å². The van der Waals surface area contributed by atoms with Gasteiger partial charge < -0.3 is 15.0 Å². The molecule has 0 aliphatic heterocycles. The van der Waals surface area contributed by atoms with Crippen LogP contribution >= 0.6 is 22.7 Å². The fraction of sp³-hybridized carbons (Fsp3) is 0.250. The molecule has 1 amide bonds. The summed E-state index contributed by atoms with van der Waals surface area (Å²) >= 11 is 3.47. The van der Waals surface area contributed by atoms with E-state index in [2.05, 4.69) is 40.3 Å². The molecule has 26 heavy (non-hydrogen) atoms. The van der Waals surface area contributed by atoms with Crippen LogP contribution in [-0.4, -0.2) is 19.6 Å². The summed E-state index contributed by atoms with van der Waals surface area (Å²) in [7, 11) is 1.62. The zero-order valence-electron chi connectivity index (χ0n) is 15.0. The summed E-state index contributed by atoms with van der Waals surface area (Å²) in [5, 5.41) is 7.17. The highest BCUT2D eigenvalue weighted by atomic mass is 32.1. The first-order valence-electron chi connectivity index (χ1n) is 8.47. The number of rotatable bonds is 8. The average molecular weight is 388 g/mol. The van der Waals surface area contributed by atoms with E-state index in [1.807, 2.05) is 25.1 Å². The van der Waals surface area contributed by atoms with Gasteiger partial charge in [-0.2, -0.15) is 0 Å². The van der Waals surface area contributed by atoms with E-state index in [0.717, 1.165) is 24.3 Å². The topological polar surface area (TPSA) is 42.8 Å². The Hall–Kier alpha value is -2.15. The number of aryl methyl sites for hydroxylation is 1. The molecule has 0 fully saturated rings. The Labute approximate surface area is 162 Å². The van der Waals surface area contributed by atoms with Crippen molar-refractivity contribution in [3.05, 3.63) is 68.5 Å². The molecule has 0 saturated carbocycles. The summed E-state index contributed by atoms with van der Waals surface area (Å²) in [6.45, 7) is 4.09. The molecule has 0 aliphatic carbocycles. The number of hydrogen-bond acceptors (Lipinski definition) is 4. The molecule has 0 bridgehead atoms. The van der Waals surface area contributed by atoms with Crippen molar-refractivity contribution in [3.8, 4) is 5.75 Å². The van der Waals surface area contributed by atoms with Crippen molar-refractivity contribution >= 4 is 34.3 Å². The van der Waals surface area contributed by atoms with Crippen molar-refractivity contribution in [1.82, 2.24) is 0 Å². The van der Waals surface area contributed by atoms with E-state index in [1.54, 1.807) is 29.8 Å². The van der Waals surface area contributed by atoms with E-state index >= 15 is 0 Å². The molecule has 0 aliphatic rings. The SMILES string of the molecule is COc1ccc(C)cc1NC(=O)C[NH+](Cc1cccs1)Cc1cccs1. The Morgan fingerprint density at radius 3 is 2.27 bits per heavy atom.